The second kappa shape index (κ2) is 3.92. The van der Waals surface area contributed by atoms with Gasteiger partial charge in [0.25, 0.3) is 0 Å². The molecule has 4 nitrogen and oxygen atoms in total. The van der Waals surface area contributed by atoms with Crippen molar-refractivity contribution in [1.82, 2.24) is 4.40 Å². The topological polar surface area (TPSA) is 67.7 Å². The zero-order valence-corrected chi connectivity index (χ0v) is 10.2. The summed E-state index contributed by atoms with van der Waals surface area (Å²) in [6, 6.07) is 4.64. The van der Waals surface area contributed by atoms with Gasteiger partial charge in [-0.1, -0.05) is 6.07 Å². The number of hydrogen-bond donors (Lipinski definition) is 2. The molecule has 0 aliphatic rings. The van der Waals surface area contributed by atoms with Crippen LogP contribution < -0.4 is 5.73 Å². The number of halogens is 1. The van der Waals surface area contributed by atoms with Crippen LogP contribution in [-0.4, -0.2) is 15.5 Å². The average molecular weight is 283 g/mol. The molecule has 0 bridgehead atoms. The summed E-state index contributed by atoms with van der Waals surface area (Å²) in [6.45, 7) is 1.86. The highest BCUT2D eigenvalue weighted by atomic mass is 79.9. The molecule has 1 atom stereocenters. The third-order valence-electron chi connectivity index (χ3n) is 2.62. The van der Waals surface area contributed by atoms with Gasteiger partial charge in [-0.15, -0.1) is 0 Å². The van der Waals surface area contributed by atoms with E-state index in [4.69, 9.17) is 10.8 Å². The first-order chi connectivity index (χ1) is 7.54. The third-order valence-corrected chi connectivity index (χ3v) is 3.62. The molecule has 2 aromatic rings. The highest BCUT2D eigenvalue weighted by molar-refractivity contribution is 9.10. The molecule has 0 aromatic carbocycles. The van der Waals surface area contributed by atoms with E-state index in [0.717, 1.165) is 15.6 Å². The number of pyridine rings is 1. The molecule has 0 saturated carbocycles. The summed E-state index contributed by atoms with van der Waals surface area (Å²) in [5.41, 5.74) is 8.07. The van der Waals surface area contributed by atoms with Gasteiger partial charge in [-0.2, -0.15) is 0 Å². The smallest absolute Gasteiger partial charge is 0.326 e. The number of rotatable bonds is 2. The molecule has 0 fully saturated rings. The van der Waals surface area contributed by atoms with E-state index in [0.29, 0.717) is 5.69 Å². The van der Waals surface area contributed by atoms with Crippen molar-refractivity contribution in [3.8, 4) is 0 Å². The lowest BCUT2D eigenvalue weighted by atomic mass is 10.1. The fourth-order valence-electron chi connectivity index (χ4n) is 1.82. The molecule has 84 valence electrons. The number of fused-ring (bicyclic) bond motifs is 1. The Morgan fingerprint density at radius 3 is 2.88 bits per heavy atom. The van der Waals surface area contributed by atoms with Gasteiger partial charge in [-0.05, 0) is 40.5 Å². The van der Waals surface area contributed by atoms with Gasteiger partial charge < -0.3 is 15.2 Å². The third kappa shape index (κ3) is 1.52. The standard InChI is InChI=1S/C11H11BrN2O2/c1-6-8(12)7-4-2-3-5-14(7)10(6)9(13)11(15)16/h2-5,9H,13H2,1H3,(H,15,16). The number of hydrogen-bond acceptors (Lipinski definition) is 2. The largest absolute Gasteiger partial charge is 0.480 e. The molecule has 0 aliphatic carbocycles. The van der Waals surface area contributed by atoms with Gasteiger partial charge in [0.2, 0.25) is 0 Å². The van der Waals surface area contributed by atoms with Crippen molar-refractivity contribution in [2.45, 2.75) is 13.0 Å². The monoisotopic (exact) mass is 282 g/mol. The van der Waals surface area contributed by atoms with E-state index in [9.17, 15) is 4.79 Å². The zero-order valence-electron chi connectivity index (χ0n) is 8.64. The predicted molar refractivity (Wildman–Crippen MR) is 64.4 cm³/mol. The van der Waals surface area contributed by atoms with E-state index >= 15 is 0 Å². The summed E-state index contributed by atoms with van der Waals surface area (Å²) < 4.78 is 2.69. The van der Waals surface area contributed by atoms with Crippen molar-refractivity contribution in [2.75, 3.05) is 0 Å². The molecular weight excluding hydrogens is 272 g/mol. The Hall–Kier alpha value is -1.33. The molecule has 1 unspecified atom stereocenters. The number of nitrogens with two attached hydrogens (primary N) is 1. The van der Waals surface area contributed by atoms with Crippen molar-refractivity contribution >= 4 is 27.4 Å². The van der Waals surface area contributed by atoms with Crippen LogP contribution in [0, 0.1) is 6.92 Å². The molecule has 0 amide bonds. The molecular formula is C11H11BrN2O2. The van der Waals surface area contributed by atoms with Gasteiger partial charge in [0, 0.05) is 10.7 Å². The van der Waals surface area contributed by atoms with Crippen LogP contribution >= 0.6 is 15.9 Å². The summed E-state index contributed by atoms with van der Waals surface area (Å²) in [6.07, 6.45) is 1.81. The van der Waals surface area contributed by atoms with Crippen LogP contribution in [0.3, 0.4) is 0 Å². The van der Waals surface area contributed by atoms with E-state index in [2.05, 4.69) is 15.9 Å². The molecule has 0 aliphatic heterocycles. The fourth-order valence-corrected chi connectivity index (χ4v) is 2.34. The Morgan fingerprint density at radius 1 is 1.56 bits per heavy atom. The maximum Gasteiger partial charge on any atom is 0.326 e. The molecule has 2 heterocycles. The predicted octanol–water partition coefficient (Wildman–Crippen LogP) is 2.09. The summed E-state index contributed by atoms with van der Waals surface area (Å²) in [5.74, 6) is -1.03. The van der Waals surface area contributed by atoms with Crippen molar-refractivity contribution < 1.29 is 9.90 Å². The molecule has 2 rings (SSSR count). The van der Waals surface area contributed by atoms with Crippen molar-refractivity contribution in [2.24, 2.45) is 5.73 Å². The van der Waals surface area contributed by atoms with Gasteiger partial charge in [0.05, 0.1) is 11.2 Å². The maximum absolute atomic E-state index is 11.0. The lowest BCUT2D eigenvalue weighted by molar-refractivity contribution is -0.138. The van der Waals surface area contributed by atoms with E-state index in [-0.39, 0.29) is 0 Å². The van der Waals surface area contributed by atoms with Crippen LogP contribution in [0.5, 0.6) is 0 Å². The second-order valence-corrected chi connectivity index (χ2v) is 4.39. The second-order valence-electron chi connectivity index (χ2n) is 3.60. The van der Waals surface area contributed by atoms with Crippen molar-refractivity contribution in [3.05, 3.63) is 40.1 Å². The zero-order chi connectivity index (χ0) is 11.9. The van der Waals surface area contributed by atoms with Gasteiger partial charge in [-0.3, -0.25) is 4.79 Å². The first kappa shape index (κ1) is 11.2. The van der Waals surface area contributed by atoms with E-state index in [1.165, 1.54) is 0 Å². The van der Waals surface area contributed by atoms with Crippen molar-refractivity contribution in [1.29, 1.82) is 0 Å². The lowest BCUT2D eigenvalue weighted by Gasteiger charge is -2.08. The summed E-state index contributed by atoms with van der Waals surface area (Å²) in [7, 11) is 0. The first-order valence-corrected chi connectivity index (χ1v) is 5.56. The molecule has 0 radical (unpaired) electrons. The Labute approximate surface area is 101 Å². The number of aliphatic carboxylic acids is 1. The molecule has 2 aromatic heterocycles. The molecule has 5 heteroatoms. The fraction of sp³-hybridized carbons (Fsp3) is 0.182. The quantitative estimate of drug-likeness (QED) is 0.886. The van der Waals surface area contributed by atoms with Crippen molar-refractivity contribution in [3.63, 3.8) is 0 Å². The van der Waals surface area contributed by atoms with E-state index in [1.54, 1.807) is 4.40 Å². The minimum absolute atomic E-state index is 0.606. The maximum atomic E-state index is 11.0. The van der Waals surface area contributed by atoms with Gasteiger partial charge in [0.1, 0.15) is 6.04 Å². The van der Waals surface area contributed by atoms with E-state index < -0.39 is 12.0 Å². The van der Waals surface area contributed by atoms with Gasteiger partial charge in [0.15, 0.2) is 0 Å². The summed E-state index contributed by atoms with van der Waals surface area (Å²) >= 11 is 3.45. The number of carboxylic acid groups (broad SMARTS) is 1. The molecule has 0 spiro atoms. The normalized spacial score (nSPS) is 12.9. The Balaban J connectivity index is 2.78. The number of carbonyl (C=O) groups is 1. The summed E-state index contributed by atoms with van der Waals surface area (Å²) in [5, 5.41) is 8.97. The van der Waals surface area contributed by atoms with Crippen LogP contribution in [0.4, 0.5) is 0 Å². The summed E-state index contributed by atoms with van der Waals surface area (Å²) in [4.78, 5) is 11.0. The highest BCUT2D eigenvalue weighted by Gasteiger charge is 2.23. The van der Waals surface area contributed by atoms with Crippen LogP contribution in [0.25, 0.3) is 5.52 Å². The Bertz CT molecular complexity index is 562. The SMILES string of the molecule is Cc1c(Br)c2ccccn2c1C(N)C(=O)O. The molecule has 0 saturated heterocycles. The van der Waals surface area contributed by atoms with Crippen LogP contribution in [-0.2, 0) is 4.79 Å². The average Bonchev–Trinajstić information content (AvgIpc) is 2.52. The lowest BCUT2D eigenvalue weighted by Crippen LogP contribution is -2.23. The van der Waals surface area contributed by atoms with Crippen LogP contribution in [0.15, 0.2) is 28.9 Å². The highest BCUT2D eigenvalue weighted by Crippen LogP contribution is 2.30. The Kier molecular flexibility index (Phi) is 2.73. The van der Waals surface area contributed by atoms with Gasteiger partial charge >= 0.3 is 5.97 Å². The number of aromatic nitrogens is 1. The minimum atomic E-state index is -1.03. The van der Waals surface area contributed by atoms with Gasteiger partial charge in [-0.25, -0.2) is 0 Å². The Morgan fingerprint density at radius 2 is 2.25 bits per heavy atom. The van der Waals surface area contributed by atoms with Crippen LogP contribution in [0.2, 0.25) is 0 Å². The number of nitrogens with zero attached hydrogens (tertiary/aromatic N) is 1. The number of carboxylic acids is 1. The van der Waals surface area contributed by atoms with Crippen LogP contribution in [0.1, 0.15) is 17.3 Å². The first-order valence-electron chi connectivity index (χ1n) is 4.77. The van der Waals surface area contributed by atoms with E-state index in [1.807, 2.05) is 31.3 Å². The minimum Gasteiger partial charge on any atom is -0.480 e. The molecule has 16 heavy (non-hydrogen) atoms. The molecule has 3 N–H and O–H groups in total.